The molecule has 0 aliphatic carbocycles. The standard InChI is InChI=1S/C12H24N2O2/c1-11(2,3)8-13-9(15)7-10(16)14-12(4,5)6/h7-8H2,1-6H3,(H,13,15)(H,14,16). The molecule has 0 spiro atoms. The van der Waals surface area contributed by atoms with E-state index in [0.717, 1.165) is 0 Å². The van der Waals surface area contributed by atoms with Crippen LogP contribution in [0, 0.1) is 5.41 Å². The molecule has 0 rings (SSSR count). The van der Waals surface area contributed by atoms with E-state index in [-0.39, 0.29) is 29.2 Å². The Morgan fingerprint density at radius 3 is 1.81 bits per heavy atom. The fourth-order valence-corrected chi connectivity index (χ4v) is 1.03. The van der Waals surface area contributed by atoms with E-state index in [4.69, 9.17) is 0 Å². The summed E-state index contributed by atoms with van der Waals surface area (Å²) in [6.45, 7) is 12.3. The third-order valence-electron chi connectivity index (χ3n) is 1.65. The van der Waals surface area contributed by atoms with Gasteiger partial charge in [-0.15, -0.1) is 0 Å². The molecule has 4 heteroatoms. The second-order valence-corrected chi connectivity index (χ2v) is 6.31. The quantitative estimate of drug-likeness (QED) is 0.718. The van der Waals surface area contributed by atoms with E-state index in [2.05, 4.69) is 10.6 Å². The van der Waals surface area contributed by atoms with Gasteiger partial charge in [-0.1, -0.05) is 20.8 Å². The van der Waals surface area contributed by atoms with E-state index in [1.807, 2.05) is 41.5 Å². The molecule has 0 saturated heterocycles. The zero-order chi connectivity index (χ0) is 13.0. The first-order valence-corrected chi connectivity index (χ1v) is 5.57. The largest absolute Gasteiger partial charge is 0.355 e. The van der Waals surface area contributed by atoms with E-state index in [1.165, 1.54) is 0 Å². The lowest BCUT2D eigenvalue weighted by Crippen LogP contribution is -2.43. The van der Waals surface area contributed by atoms with Crippen molar-refractivity contribution in [1.29, 1.82) is 0 Å². The zero-order valence-electron chi connectivity index (χ0n) is 11.2. The topological polar surface area (TPSA) is 58.2 Å². The average Bonchev–Trinajstić information content (AvgIpc) is 1.95. The molecule has 0 aromatic carbocycles. The molecule has 94 valence electrons. The Morgan fingerprint density at radius 2 is 1.44 bits per heavy atom. The molecule has 0 bridgehead atoms. The molecule has 2 amide bonds. The molecule has 4 nitrogen and oxygen atoms in total. The van der Waals surface area contributed by atoms with Crippen LogP contribution in [0.25, 0.3) is 0 Å². The molecule has 0 aliphatic heterocycles. The monoisotopic (exact) mass is 228 g/mol. The van der Waals surface area contributed by atoms with Gasteiger partial charge in [0.1, 0.15) is 6.42 Å². The number of carbonyl (C=O) groups excluding carboxylic acids is 2. The van der Waals surface area contributed by atoms with Gasteiger partial charge >= 0.3 is 0 Å². The van der Waals surface area contributed by atoms with Crippen molar-refractivity contribution in [1.82, 2.24) is 10.6 Å². The van der Waals surface area contributed by atoms with Crippen molar-refractivity contribution >= 4 is 11.8 Å². The summed E-state index contributed by atoms with van der Waals surface area (Å²) in [6, 6.07) is 0. The summed E-state index contributed by atoms with van der Waals surface area (Å²) in [7, 11) is 0. The molecule has 0 radical (unpaired) electrons. The Bertz CT molecular complexity index is 259. The van der Waals surface area contributed by atoms with Crippen LogP contribution in [0.3, 0.4) is 0 Å². The summed E-state index contributed by atoms with van der Waals surface area (Å²) >= 11 is 0. The molecule has 0 aliphatic rings. The third kappa shape index (κ3) is 9.49. The van der Waals surface area contributed by atoms with Crippen molar-refractivity contribution in [3.05, 3.63) is 0 Å². The second kappa shape index (κ2) is 5.32. The van der Waals surface area contributed by atoms with Gasteiger partial charge in [-0.05, 0) is 26.2 Å². The van der Waals surface area contributed by atoms with Gasteiger partial charge in [0.2, 0.25) is 11.8 Å². The molecular formula is C12H24N2O2. The Kier molecular flexibility index (Phi) is 4.97. The molecule has 0 saturated carbocycles. The van der Waals surface area contributed by atoms with Crippen LogP contribution < -0.4 is 10.6 Å². The van der Waals surface area contributed by atoms with Gasteiger partial charge < -0.3 is 10.6 Å². The van der Waals surface area contributed by atoms with Gasteiger partial charge in [-0.2, -0.15) is 0 Å². The number of amides is 2. The lowest BCUT2D eigenvalue weighted by atomic mass is 9.97. The van der Waals surface area contributed by atoms with Crippen LogP contribution in [0.2, 0.25) is 0 Å². The number of nitrogens with one attached hydrogen (secondary N) is 2. The normalized spacial score (nSPS) is 12.1. The molecule has 0 aromatic heterocycles. The minimum Gasteiger partial charge on any atom is -0.355 e. The lowest BCUT2D eigenvalue weighted by Gasteiger charge is -2.21. The molecule has 2 N–H and O–H groups in total. The number of hydrogen-bond donors (Lipinski definition) is 2. The minimum absolute atomic E-state index is 0.0379. The van der Waals surface area contributed by atoms with Crippen molar-refractivity contribution in [3.8, 4) is 0 Å². The smallest absolute Gasteiger partial charge is 0.229 e. The number of carbonyl (C=O) groups is 2. The van der Waals surface area contributed by atoms with Gasteiger partial charge in [-0.3, -0.25) is 9.59 Å². The zero-order valence-corrected chi connectivity index (χ0v) is 11.2. The summed E-state index contributed by atoms with van der Waals surface area (Å²) in [5, 5.41) is 5.49. The van der Waals surface area contributed by atoms with E-state index in [9.17, 15) is 9.59 Å². The number of hydrogen-bond acceptors (Lipinski definition) is 2. The molecule has 16 heavy (non-hydrogen) atoms. The van der Waals surface area contributed by atoms with E-state index in [1.54, 1.807) is 0 Å². The van der Waals surface area contributed by atoms with Gasteiger partial charge in [0.05, 0.1) is 0 Å². The maximum Gasteiger partial charge on any atom is 0.229 e. The molecule has 0 unspecified atom stereocenters. The van der Waals surface area contributed by atoms with E-state index >= 15 is 0 Å². The molecule has 0 fully saturated rings. The Hall–Kier alpha value is -1.06. The fraction of sp³-hybridized carbons (Fsp3) is 0.833. The van der Waals surface area contributed by atoms with Gasteiger partial charge in [-0.25, -0.2) is 0 Å². The predicted molar refractivity (Wildman–Crippen MR) is 65.0 cm³/mol. The van der Waals surface area contributed by atoms with Gasteiger partial charge in [0.25, 0.3) is 0 Å². The van der Waals surface area contributed by atoms with Crippen LogP contribution in [0.1, 0.15) is 48.0 Å². The van der Waals surface area contributed by atoms with Crippen LogP contribution >= 0.6 is 0 Å². The first-order chi connectivity index (χ1) is 6.99. The Balaban J connectivity index is 3.93. The summed E-state index contributed by atoms with van der Waals surface area (Å²) in [4.78, 5) is 22.8. The van der Waals surface area contributed by atoms with Crippen molar-refractivity contribution in [2.24, 2.45) is 5.41 Å². The molecular weight excluding hydrogens is 204 g/mol. The summed E-state index contributed by atoms with van der Waals surface area (Å²) in [5.74, 6) is -0.462. The van der Waals surface area contributed by atoms with E-state index < -0.39 is 0 Å². The maximum atomic E-state index is 11.4. The maximum absolute atomic E-state index is 11.4. The van der Waals surface area contributed by atoms with Crippen LogP contribution in [-0.2, 0) is 9.59 Å². The van der Waals surface area contributed by atoms with Gasteiger partial charge in [0, 0.05) is 12.1 Å². The molecule has 0 atom stereocenters. The Labute approximate surface area is 98.2 Å². The summed E-state index contributed by atoms with van der Waals surface area (Å²) in [6.07, 6.45) is -0.104. The van der Waals surface area contributed by atoms with E-state index in [0.29, 0.717) is 6.54 Å². The highest BCUT2D eigenvalue weighted by molar-refractivity contribution is 5.97. The first-order valence-electron chi connectivity index (χ1n) is 5.57. The van der Waals surface area contributed by atoms with Crippen LogP contribution in [0.4, 0.5) is 0 Å². The van der Waals surface area contributed by atoms with Crippen molar-refractivity contribution < 1.29 is 9.59 Å². The van der Waals surface area contributed by atoms with Crippen LogP contribution in [0.5, 0.6) is 0 Å². The molecule has 0 aromatic rings. The van der Waals surface area contributed by atoms with Crippen LogP contribution in [0.15, 0.2) is 0 Å². The first kappa shape index (κ1) is 14.9. The predicted octanol–water partition coefficient (Wildman–Crippen LogP) is 1.45. The summed E-state index contributed by atoms with van der Waals surface area (Å²) in [5.41, 5.74) is -0.252. The Morgan fingerprint density at radius 1 is 0.938 bits per heavy atom. The molecule has 0 heterocycles. The lowest BCUT2D eigenvalue weighted by molar-refractivity contribution is -0.130. The average molecular weight is 228 g/mol. The highest BCUT2D eigenvalue weighted by Gasteiger charge is 2.17. The third-order valence-corrected chi connectivity index (χ3v) is 1.65. The van der Waals surface area contributed by atoms with Crippen molar-refractivity contribution in [3.63, 3.8) is 0 Å². The highest BCUT2D eigenvalue weighted by atomic mass is 16.2. The van der Waals surface area contributed by atoms with Crippen molar-refractivity contribution in [2.75, 3.05) is 6.54 Å². The minimum atomic E-state index is -0.290. The SMILES string of the molecule is CC(C)(C)CNC(=O)CC(=O)NC(C)(C)C. The number of rotatable bonds is 3. The summed E-state index contributed by atoms with van der Waals surface area (Å²) < 4.78 is 0. The highest BCUT2D eigenvalue weighted by Crippen LogP contribution is 2.10. The van der Waals surface area contributed by atoms with Crippen molar-refractivity contribution in [2.45, 2.75) is 53.5 Å². The second-order valence-electron chi connectivity index (χ2n) is 6.31. The van der Waals surface area contributed by atoms with Crippen LogP contribution in [-0.4, -0.2) is 23.9 Å². The fourth-order valence-electron chi connectivity index (χ4n) is 1.03. The van der Waals surface area contributed by atoms with Gasteiger partial charge in [0.15, 0.2) is 0 Å².